The zero-order valence-electron chi connectivity index (χ0n) is 16.0. The lowest BCUT2D eigenvalue weighted by atomic mass is 10.1. The molecule has 0 unspecified atom stereocenters. The van der Waals surface area contributed by atoms with Gasteiger partial charge in [0.15, 0.2) is 0 Å². The van der Waals surface area contributed by atoms with Crippen molar-refractivity contribution < 1.29 is 9.84 Å². The molecule has 3 aromatic rings. The molecule has 0 heterocycles. The fourth-order valence-electron chi connectivity index (χ4n) is 3.12. The maximum atomic E-state index is 10.3. The maximum absolute atomic E-state index is 10.3. The zero-order chi connectivity index (χ0) is 19.1. The minimum atomic E-state index is -0.534. The monoisotopic (exact) mass is 361 g/mol. The molecule has 0 spiro atoms. The second kappa shape index (κ2) is 9.36. The molecular weight excluding hydrogens is 334 g/mol. The van der Waals surface area contributed by atoms with Crippen molar-refractivity contribution in [3.05, 3.63) is 90.0 Å². The average Bonchev–Trinajstić information content (AvgIpc) is 2.69. The third-order valence-electron chi connectivity index (χ3n) is 4.63. The first kappa shape index (κ1) is 19.2. The van der Waals surface area contributed by atoms with Crippen molar-refractivity contribution in [2.45, 2.75) is 19.6 Å². The van der Waals surface area contributed by atoms with E-state index < -0.39 is 6.10 Å². The molecule has 27 heavy (non-hydrogen) atoms. The molecule has 1 atom stereocenters. The Hall–Kier alpha value is -2.62. The molecule has 0 radical (unpaired) electrons. The summed E-state index contributed by atoms with van der Waals surface area (Å²) < 4.78 is 5.76. The van der Waals surface area contributed by atoms with Crippen LogP contribution in [0.3, 0.4) is 0 Å². The summed E-state index contributed by atoms with van der Waals surface area (Å²) in [5.41, 5.74) is 4.89. The summed E-state index contributed by atoms with van der Waals surface area (Å²) in [5, 5.41) is 10.3. The Bertz CT molecular complexity index is 831. The van der Waals surface area contributed by atoms with Crippen LogP contribution < -0.4 is 4.74 Å². The van der Waals surface area contributed by atoms with Crippen LogP contribution in [0.2, 0.25) is 0 Å². The minimum absolute atomic E-state index is 0.281. The largest absolute Gasteiger partial charge is 0.491 e. The molecule has 0 amide bonds. The number of aryl methyl sites for hydroxylation is 1. The van der Waals surface area contributed by atoms with Gasteiger partial charge in [0.1, 0.15) is 18.5 Å². The van der Waals surface area contributed by atoms with Crippen molar-refractivity contribution in [2.75, 3.05) is 20.2 Å². The van der Waals surface area contributed by atoms with Gasteiger partial charge >= 0.3 is 0 Å². The van der Waals surface area contributed by atoms with E-state index in [0.717, 1.165) is 17.9 Å². The number of hydrogen-bond acceptors (Lipinski definition) is 3. The van der Waals surface area contributed by atoms with Crippen molar-refractivity contribution >= 4 is 0 Å². The Labute approximate surface area is 161 Å². The highest BCUT2D eigenvalue weighted by atomic mass is 16.5. The molecule has 0 fully saturated rings. The molecule has 0 aromatic heterocycles. The number of rotatable bonds is 8. The molecule has 3 nitrogen and oxygen atoms in total. The van der Waals surface area contributed by atoms with Crippen LogP contribution in [0, 0.1) is 6.92 Å². The van der Waals surface area contributed by atoms with Gasteiger partial charge in [-0.1, -0.05) is 66.7 Å². The summed E-state index contributed by atoms with van der Waals surface area (Å²) in [6.07, 6.45) is -0.534. The lowest BCUT2D eigenvalue weighted by molar-refractivity contribution is 0.0743. The van der Waals surface area contributed by atoms with Crippen LogP contribution in [0.1, 0.15) is 11.1 Å². The van der Waals surface area contributed by atoms with Crippen LogP contribution in [-0.2, 0) is 6.54 Å². The van der Waals surface area contributed by atoms with Crippen LogP contribution in [0.4, 0.5) is 0 Å². The van der Waals surface area contributed by atoms with Gasteiger partial charge in [-0.25, -0.2) is 0 Å². The molecule has 3 aromatic carbocycles. The van der Waals surface area contributed by atoms with Crippen molar-refractivity contribution in [3.63, 3.8) is 0 Å². The lowest BCUT2D eigenvalue weighted by Crippen LogP contribution is -2.32. The second-order valence-corrected chi connectivity index (χ2v) is 6.98. The second-order valence-electron chi connectivity index (χ2n) is 6.98. The Balaban J connectivity index is 1.47. The molecule has 0 aliphatic carbocycles. The summed E-state index contributed by atoms with van der Waals surface area (Å²) in [7, 11) is 2.02. The van der Waals surface area contributed by atoms with E-state index in [2.05, 4.69) is 42.2 Å². The molecule has 140 valence electrons. The highest BCUT2D eigenvalue weighted by Gasteiger charge is 2.10. The van der Waals surface area contributed by atoms with Crippen molar-refractivity contribution in [2.24, 2.45) is 0 Å². The van der Waals surface area contributed by atoms with E-state index in [9.17, 15) is 5.11 Å². The van der Waals surface area contributed by atoms with Gasteiger partial charge in [-0.2, -0.15) is 0 Å². The van der Waals surface area contributed by atoms with Gasteiger partial charge in [0, 0.05) is 13.1 Å². The first-order valence-electron chi connectivity index (χ1n) is 9.31. The fraction of sp³-hybridized carbons (Fsp3) is 0.250. The van der Waals surface area contributed by atoms with Crippen LogP contribution in [0.25, 0.3) is 11.1 Å². The van der Waals surface area contributed by atoms with Crippen LogP contribution in [-0.4, -0.2) is 36.3 Å². The predicted molar refractivity (Wildman–Crippen MR) is 111 cm³/mol. The standard InChI is InChI=1S/C24H27NO2/c1-19-8-6-7-11-22(19)16-25(2)17-23(26)18-27-24-14-12-21(13-15-24)20-9-4-3-5-10-20/h3-15,23,26H,16-18H2,1-2H3/t23-/m1/s1. The van der Waals surface area contributed by atoms with E-state index in [-0.39, 0.29) is 6.61 Å². The third-order valence-corrected chi connectivity index (χ3v) is 4.63. The summed E-state index contributed by atoms with van der Waals surface area (Å²) >= 11 is 0. The molecule has 0 saturated carbocycles. The molecule has 1 N–H and O–H groups in total. The summed E-state index contributed by atoms with van der Waals surface area (Å²) in [5.74, 6) is 0.773. The normalized spacial score (nSPS) is 12.1. The summed E-state index contributed by atoms with van der Waals surface area (Å²) in [6, 6.07) is 26.6. The molecule has 3 heteroatoms. The smallest absolute Gasteiger partial charge is 0.119 e. The number of ether oxygens (including phenoxy) is 1. The molecule has 0 bridgehead atoms. The molecule has 0 aliphatic rings. The Morgan fingerprint density at radius 2 is 1.48 bits per heavy atom. The SMILES string of the molecule is Cc1ccccc1CN(C)C[C@@H](O)COc1ccc(-c2ccccc2)cc1. The number of likely N-dealkylation sites (N-methyl/N-ethyl adjacent to an activating group) is 1. The highest BCUT2D eigenvalue weighted by molar-refractivity contribution is 5.63. The van der Waals surface area contributed by atoms with E-state index in [4.69, 9.17) is 4.74 Å². The number of nitrogens with zero attached hydrogens (tertiary/aromatic N) is 1. The van der Waals surface area contributed by atoms with Crippen LogP contribution in [0.5, 0.6) is 5.75 Å². The molecular formula is C24H27NO2. The topological polar surface area (TPSA) is 32.7 Å². The van der Waals surface area contributed by atoms with Gasteiger partial charge in [0.25, 0.3) is 0 Å². The maximum Gasteiger partial charge on any atom is 0.119 e. The van der Waals surface area contributed by atoms with E-state index in [1.165, 1.54) is 16.7 Å². The van der Waals surface area contributed by atoms with Gasteiger partial charge in [-0.15, -0.1) is 0 Å². The van der Waals surface area contributed by atoms with Crippen LogP contribution in [0.15, 0.2) is 78.9 Å². The van der Waals surface area contributed by atoms with Gasteiger partial charge < -0.3 is 9.84 Å². The summed E-state index contributed by atoms with van der Waals surface area (Å²) in [4.78, 5) is 2.12. The first-order valence-corrected chi connectivity index (χ1v) is 9.31. The Kier molecular flexibility index (Phi) is 6.64. The number of aliphatic hydroxyl groups is 1. The quantitative estimate of drug-likeness (QED) is 0.640. The highest BCUT2D eigenvalue weighted by Crippen LogP contribution is 2.22. The molecule has 0 aliphatic heterocycles. The summed E-state index contributed by atoms with van der Waals surface area (Å²) in [6.45, 7) is 3.77. The number of hydrogen-bond donors (Lipinski definition) is 1. The van der Waals surface area contributed by atoms with E-state index in [1.807, 2.05) is 55.6 Å². The van der Waals surface area contributed by atoms with Crippen LogP contribution >= 0.6 is 0 Å². The first-order chi connectivity index (χ1) is 13.1. The van der Waals surface area contributed by atoms with Crippen molar-refractivity contribution in [1.82, 2.24) is 4.90 Å². The van der Waals surface area contributed by atoms with E-state index in [1.54, 1.807) is 0 Å². The van der Waals surface area contributed by atoms with Gasteiger partial charge in [0.2, 0.25) is 0 Å². The van der Waals surface area contributed by atoms with E-state index in [0.29, 0.717) is 6.54 Å². The average molecular weight is 361 g/mol. The fourth-order valence-corrected chi connectivity index (χ4v) is 3.12. The van der Waals surface area contributed by atoms with Gasteiger partial charge in [0.05, 0.1) is 0 Å². The molecule has 0 saturated heterocycles. The third kappa shape index (κ3) is 5.68. The van der Waals surface area contributed by atoms with Gasteiger partial charge in [-0.05, 0) is 48.4 Å². The van der Waals surface area contributed by atoms with Crippen molar-refractivity contribution in [1.29, 1.82) is 0 Å². The predicted octanol–water partition coefficient (Wildman–Crippen LogP) is 4.53. The zero-order valence-corrected chi connectivity index (χ0v) is 16.0. The van der Waals surface area contributed by atoms with Crippen molar-refractivity contribution in [3.8, 4) is 16.9 Å². The molecule has 3 rings (SSSR count). The minimum Gasteiger partial charge on any atom is -0.491 e. The Morgan fingerprint density at radius 1 is 0.852 bits per heavy atom. The number of benzene rings is 3. The Morgan fingerprint density at radius 3 is 2.19 bits per heavy atom. The van der Waals surface area contributed by atoms with E-state index >= 15 is 0 Å². The van der Waals surface area contributed by atoms with Gasteiger partial charge in [-0.3, -0.25) is 4.90 Å². The number of aliphatic hydroxyl groups excluding tert-OH is 1. The lowest BCUT2D eigenvalue weighted by Gasteiger charge is -2.21.